The molecule has 0 saturated carbocycles. The van der Waals surface area contributed by atoms with Crippen molar-refractivity contribution in [1.82, 2.24) is 5.32 Å². The van der Waals surface area contributed by atoms with Gasteiger partial charge in [-0.15, -0.1) is 0 Å². The number of hydrogen-bond acceptors (Lipinski definition) is 7. The van der Waals surface area contributed by atoms with Crippen LogP contribution in [0.5, 0.6) is 0 Å². The van der Waals surface area contributed by atoms with Gasteiger partial charge in [-0.2, -0.15) is 0 Å². The summed E-state index contributed by atoms with van der Waals surface area (Å²) in [7, 11) is 1.18. The molecule has 0 aliphatic rings. The van der Waals surface area contributed by atoms with Gasteiger partial charge in [-0.1, -0.05) is 287 Å². The van der Waals surface area contributed by atoms with Gasteiger partial charge in [-0.3, -0.25) is 14.2 Å². The van der Waals surface area contributed by atoms with Crippen LogP contribution in [0.3, 0.4) is 0 Å². The topological polar surface area (TPSA) is 114 Å². The largest absolute Gasteiger partial charge is 0.756 e. The van der Waals surface area contributed by atoms with Gasteiger partial charge in [-0.25, -0.2) is 0 Å². The van der Waals surface area contributed by atoms with E-state index < -0.39 is 26.6 Å². The number of nitrogens with one attached hydrogen (secondary N) is 1. The lowest BCUT2D eigenvalue weighted by atomic mass is 10.0. The summed E-state index contributed by atoms with van der Waals surface area (Å²) in [6.07, 6.45) is 74.8. The number of rotatable bonds is 61. The third kappa shape index (κ3) is 60.1. The molecule has 0 rings (SSSR count). The van der Waals surface area contributed by atoms with E-state index >= 15 is 0 Å². The van der Waals surface area contributed by atoms with Crippen LogP contribution >= 0.6 is 7.82 Å². The number of esters is 1. The Hall–Kier alpha value is -2.29. The van der Waals surface area contributed by atoms with Crippen molar-refractivity contribution >= 4 is 19.7 Å². The quantitative estimate of drug-likeness (QED) is 0.0161. The smallest absolute Gasteiger partial charge is 0.306 e. The third-order valence-electron chi connectivity index (χ3n) is 15.0. The number of allylic oxidation sites excluding steroid dienone is 9. The molecule has 0 aliphatic carbocycles. The van der Waals surface area contributed by atoms with Crippen molar-refractivity contribution in [2.45, 2.75) is 328 Å². The molecule has 9 nitrogen and oxygen atoms in total. The summed E-state index contributed by atoms with van der Waals surface area (Å²) in [4.78, 5) is 40.1. The molecule has 3 atom stereocenters. The molecular weight excluding hydrogens is 1000 g/mol. The van der Waals surface area contributed by atoms with E-state index in [9.17, 15) is 19.0 Å². The number of amides is 1. The fourth-order valence-electron chi connectivity index (χ4n) is 9.81. The highest BCUT2D eigenvalue weighted by molar-refractivity contribution is 7.45. The van der Waals surface area contributed by atoms with Crippen LogP contribution in [0.4, 0.5) is 0 Å². The first-order chi connectivity index (χ1) is 38.4. The number of quaternary nitrogens is 1. The van der Waals surface area contributed by atoms with E-state index in [0.717, 1.165) is 77.0 Å². The highest BCUT2D eigenvalue weighted by atomic mass is 31.2. The average Bonchev–Trinajstić information content (AvgIpc) is 3.41. The highest BCUT2D eigenvalue weighted by Crippen LogP contribution is 2.38. The molecule has 462 valence electrons. The molecular formula is C69H129N2O7P. The minimum atomic E-state index is -4.70. The van der Waals surface area contributed by atoms with Gasteiger partial charge in [0.2, 0.25) is 5.91 Å². The number of carbonyl (C=O) groups excluding carboxylic acids is 2. The van der Waals surface area contributed by atoms with Crippen molar-refractivity contribution in [3.63, 3.8) is 0 Å². The van der Waals surface area contributed by atoms with Gasteiger partial charge in [0, 0.05) is 12.8 Å². The minimum absolute atomic E-state index is 0.0245. The van der Waals surface area contributed by atoms with Gasteiger partial charge >= 0.3 is 5.97 Å². The van der Waals surface area contributed by atoms with Crippen molar-refractivity contribution in [3.8, 4) is 0 Å². The molecule has 0 aliphatic heterocycles. The molecule has 0 radical (unpaired) electrons. The molecule has 10 heteroatoms. The van der Waals surface area contributed by atoms with Crippen molar-refractivity contribution in [1.29, 1.82) is 0 Å². The molecule has 0 bridgehead atoms. The van der Waals surface area contributed by atoms with E-state index in [0.29, 0.717) is 17.4 Å². The third-order valence-corrected chi connectivity index (χ3v) is 16.0. The van der Waals surface area contributed by atoms with Crippen LogP contribution in [0.1, 0.15) is 316 Å². The lowest BCUT2D eigenvalue weighted by Crippen LogP contribution is -2.47. The van der Waals surface area contributed by atoms with Gasteiger partial charge in [-0.05, 0) is 76.7 Å². The van der Waals surface area contributed by atoms with E-state index in [4.69, 9.17) is 13.8 Å². The molecule has 0 saturated heterocycles. The van der Waals surface area contributed by atoms with E-state index in [1.54, 1.807) is 0 Å². The Balaban J connectivity index is 5.09. The lowest BCUT2D eigenvalue weighted by Gasteiger charge is -2.30. The van der Waals surface area contributed by atoms with Crippen LogP contribution in [0.15, 0.2) is 60.8 Å². The molecule has 3 unspecified atom stereocenters. The molecule has 1 N–H and O–H groups in total. The Bertz CT molecular complexity index is 1540. The SMILES string of the molecule is CC/C=C/C=C/C=C/CCCCCCCCCC(=O)OC(/C=C\CCCCCCCCCCCCC)C(COP(=O)([O-])OCC[N+](C)(C)C)NC(=O)CCCCCCCCCCCCCCCCC/C=C/CCCCCCCC. The van der Waals surface area contributed by atoms with Crippen molar-refractivity contribution in [2.24, 2.45) is 0 Å². The fourth-order valence-corrected chi connectivity index (χ4v) is 10.5. The van der Waals surface area contributed by atoms with Crippen molar-refractivity contribution in [2.75, 3.05) is 40.9 Å². The van der Waals surface area contributed by atoms with E-state index in [2.05, 4.69) is 74.7 Å². The number of hydrogen-bond donors (Lipinski definition) is 1. The number of nitrogens with zero attached hydrogens (tertiary/aromatic N) is 1. The number of carbonyl (C=O) groups is 2. The normalized spacial score (nSPS) is 14.0. The van der Waals surface area contributed by atoms with E-state index in [1.807, 2.05) is 33.3 Å². The zero-order valence-corrected chi connectivity index (χ0v) is 53.7. The van der Waals surface area contributed by atoms with Gasteiger partial charge in [0.05, 0.1) is 33.8 Å². The van der Waals surface area contributed by atoms with Crippen LogP contribution < -0.4 is 10.2 Å². The second kappa shape index (κ2) is 58.9. The highest BCUT2D eigenvalue weighted by Gasteiger charge is 2.27. The molecule has 0 spiro atoms. The Morgan fingerprint density at radius 1 is 0.456 bits per heavy atom. The lowest BCUT2D eigenvalue weighted by molar-refractivity contribution is -0.870. The molecule has 0 aromatic heterocycles. The summed E-state index contributed by atoms with van der Waals surface area (Å²) in [5.41, 5.74) is 0. The zero-order chi connectivity index (χ0) is 57.9. The standard InChI is InChI=1S/C69H129N2O7P/c1-7-10-13-16-19-22-25-28-30-31-32-33-34-35-36-37-38-39-41-43-46-49-52-55-58-61-68(72)70-66(65-77-79(74,75)76-64-63-71(4,5)6)67(60-57-54-51-48-45-42-27-24-21-18-15-12-9-3)78-69(73)62-59-56-53-50-47-44-40-29-26-23-20-17-14-11-8-2/h11,14,17,20,23,26,28,30,57,60,66-67H,7-10,12-13,15-16,18-19,21-22,24-25,27,29,31-56,58-59,61-65H2,1-6H3,(H-,70,72,74,75)/b14-11+,20-17+,26-23+,30-28+,60-57-. The molecule has 0 aromatic carbocycles. The summed E-state index contributed by atoms with van der Waals surface area (Å²) in [6, 6.07) is -0.894. The summed E-state index contributed by atoms with van der Waals surface area (Å²) in [6.45, 7) is 6.74. The van der Waals surface area contributed by atoms with Gasteiger partial charge in [0.1, 0.15) is 19.3 Å². The van der Waals surface area contributed by atoms with Gasteiger partial charge < -0.3 is 28.5 Å². The first-order valence-corrected chi connectivity index (χ1v) is 35.1. The summed E-state index contributed by atoms with van der Waals surface area (Å²) >= 11 is 0. The molecule has 1 amide bonds. The van der Waals surface area contributed by atoms with Crippen molar-refractivity contribution < 1.29 is 37.3 Å². The maximum Gasteiger partial charge on any atom is 0.306 e. The summed E-state index contributed by atoms with van der Waals surface area (Å²) < 4.78 is 30.4. The Kier molecular flexibility index (Phi) is 57.2. The summed E-state index contributed by atoms with van der Waals surface area (Å²) in [5, 5.41) is 3.04. The average molecular weight is 1130 g/mol. The Morgan fingerprint density at radius 2 is 0.823 bits per heavy atom. The number of ether oxygens (including phenoxy) is 1. The Morgan fingerprint density at radius 3 is 1.24 bits per heavy atom. The maximum absolute atomic E-state index is 13.6. The predicted molar refractivity (Wildman–Crippen MR) is 339 cm³/mol. The van der Waals surface area contributed by atoms with Crippen LogP contribution in [0, 0.1) is 0 Å². The number of phosphoric acid groups is 1. The van der Waals surface area contributed by atoms with E-state index in [1.165, 1.54) is 205 Å². The van der Waals surface area contributed by atoms with Gasteiger partial charge in [0.15, 0.2) is 0 Å². The van der Waals surface area contributed by atoms with E-state index in [-0.39, 0.29) is 24.9 Å². The second-order valence-electron chi connectivity index (χ2n) is 24.0. The summed E-state index contributed by atoms with van der Waals surface area (Å²) in [5.74, 6) is -0.545. The maximum atomic E-state index is 13.6. The Labute approximate surface area is 490 Å². The predicted octanol–water partition coefficient (Wildman–Crippen LogP) is 20.4. The zero-order valence-electron chi connectivity index (χ0n) is 52.8. The van der Waals surface area contributed by atoms with Crippen LogP contribution in [-0.2, 0) is 27.9 Å². The van der Waals surface area contributed by atoms with Crippen molar-refractivity contribution in [3.05, 3.63) is 60.8 Å². The second-order valence-corrected chi connectivity index (χ2v) is 25.4. The fraction of sp³-hybridized carbons (Fsp3) is 0.826. The monoisotopic (exact) mass is 1130 g/mol. The molecule has 0 fully saturated rings. The molecule has 0 aromatic rings. The molecule has 0 heterocycles. The number of unbranched alkanes of at least 4 members (excludes halogenated alkanes) is 39. The van der Waals surface area contributed by atoms with Crippen LogP contribution in [0.2, 0.25) is 0 Å². The number of phosphoric ester groups is 1. The minimum Gasteiger partial charge on any atom is -0.756 e. The van der Waals surface area contributed by atoms with Crippen LogP contribution in [-0.4, -0.2) is 69.4 Å². The van der Waals surface area contributed by atoms with Crippen LogP contribution in [0.25, 0.3) is 0 Å². The first kappa shape index (κ1) is 76.7. The molecule has 79 heavy (non-hydrogen) atoms. The number of likely N-dealkylation sites (N-methyl/N-ethyl adjacent to an activating group) is 1. The van der Waals surface area contributed by atoms with Gasteiger partial charge in [0.25, 0.3) is 7.82 Å². The first-order valence-electron chi connectivity index (χ1n) is 33.6.